The van der Waals surface area contributed by atoms with Gasteiger partial charge >= 0.3 is 0 Å². The third-order valence-corrected chi connectivity index (χ3v) is 5.86. The molecule has 1 atom stereocenters. The van der Waals surface area contributed by atoms with Crippen LogP contribution >= 0.6 is 11.6 Å². The van der Waals surface area contributed by atoms with Gasteiger partial charge < -0.3 is 15.6 Å². The molecule has 0 amide bonds. The van der Waals surface area contributed by atoms with Crippen molar-refractivity contribution < 1.29 is 9.84 Å². The molecule has 0 bridgehead atoms. The largest absolute Gasteiger partial charge is 0.496 e. The van der Waals surface area contributed by atoms with E-state index in [4.69, 9.17) is 22.1 Å². The zero-order valence-corrected chi connectivity index (χ0v) is 18.6. The zero-order valence-electron chi connectivity index (χ0n) is 17.8. The fourth-order valence-electron chi connectivity index (χ4n) is 3.91. The number of benzene rings is 1. The predicted molar refractivity (Wildman–Crippen MR) is 119 cm³/mol. The molecule has 4 aromatic rings. The van der Waals surface area contributed by atoms with Gasteiger partial charge in [-0.1, -0.05) is 11.6 Å². The molecule has 3 aromatic heterocycles. The highest BCUT2D eigenvalue weighted by Gasteiger charge is 2.25. The molecule has 0 fully saturated rings. The summed E-state index contributed by atoms with van der Waals surface area (Å²) in [5.41, 5.74) is 10.9. The first kappa shape index (κ1) is 21.1. The maximum absolute atomic E-state index is 9.21. The van der Waals surface area contributed by atoms with Crippen LogP contribution < -0.4 is 10.5 Å². The van der Waals surface area contributed by atoms with Crippen LogP contribution in [0, 0.1) is 13.8 Å². The number of aliphatic hydroxyl groups is 1. The van der Waals surface area contributed by atoms with Crippen molar-refractivity contribution in [2.75, 3.05) is 19.5 Å². The van der Waals surface area contributed by atoms with Crippen LogP contribution in [0.3, 0.4) is 0 Å². The summed E-state index contributed by atoms with van der Waals surface area (Å²) < 4.78 is 9.37. The molecule has 10 heteroatoms. The molecule has 9 nitrogen and oxygen atoms in total. The SMILES string of the molecule is COc1c(C(C)n2nc(C)c3c(N)ncnc32)cc(Cl)c(C)c1-c1cnn(CCO)c1. The number of nitrogen functional groups attached to an aromatic ring is 1. The van der Waals surface area contributed by atoms with Crippen molar-refractivity contribution in [2.24, 2.45) is 0 Å². The highest BCUT2D eigenvalue weighted by atomic mass is 35.5. The minimum absolute atomic E-state index is 0.00573. The van der Waals surface area contributed by atoms with Gasteiger partial charge in [0.1, 0.15) is 17.9 Å². The van der Waals surface area contributed by atoms with Crippen molar-refractivity contribution in [3.8, 4) is 16.9 Å². The molecular formula is C21H24ClN7O2. The predicted octanol–water partition coefficient (Wildman–Crippen LogP) is 3.15. The van der Waals surface area contributed by atoms with E-state index in [1.54, 1.807) is 18.0 Å². The molecule has 0 spiro atoms. The van der Waals surface area contributed by atoms with E-state index in [-0.39, 0.29) is 12.6 Å². The van der Waals surface area contributed by atoms with Crippen LogP contribution in [0.4, 0.5) is 5.82 Å². The molecular weight excluding hydrogens is 418 g/mol. The van der Waals surface area contributed by atoms with E-state index in [0.717, 1.165) is 33.3 Å². The van der Waals surface area contributed by atoms with E-state index in [0.29, 0.717) is 28.8 Å². The molecule has 0 saturated heterocycles. The fraction of sp³-hybridized carbons (Fsp3) is 0.333. The average molecular weight is 442 g/mol. The topological polar surface area (TPSA) is 117 Å². The molecule has 0 saturated carbocycles. The molecule has 3 N–H and O–H groups in total. The summed E-state index contributed by atoms with van der Waals surface area (Å²) in [7, 11) is 1.63. The molecule has 0 aliphatic heterocycles. The number of halogens is 1. The molecule has 0 aliphatic carbocycles. The molecule has 1 aromatic carbocycles. The Balaban J connectivity index is 1.91. The smallest absolute Gasteiger partial charge is 0.164 e. The monoisotopic (exact) mass is 441 g/mol. The van der Waals surface area contributed by atoms with Crippen LogP contribution in [0.5, 0.6) is 5.75 Å². The number of nitrogens with zero attached hydrogens (tertiary/aromatic N) is 6. The third-order valence-electron chi connectivity index (χ3n) is 5.47. The summed E-state index contributed by atoms with van der Waals surface area (Å²) in [5, 5.41) is 19.6. The van der Waals surface area contributed by atoms with Gasteiger partial charge in [-0.25, -0.2) is 14.6 Å². The number of ether oxygens (including phenoxy) is 1. The number of hydrogen-bond acceptors (Lipinski definition) is 7. The number of aromatic nitrogens is 6. The van der Waals surface area contributed by atoms with Crippen LogP contribution in [-0.2, 0) is 6.54 Å². The second kappa shape index (κ2) is 8.16. The molecule has 162 valence electrons. The Kier molecular flexibility index (Phi) is 5.55. The van der Waals surface area contributed by atoms with Crippen LogP contribution in [0.2, 0.25) is 5.02 Å². The third kappa shape index (κ3) is 3.49. The Bertz CT molecular complexity index is 1260. The first-order chi connectivity index (χ1) is 14.9. The first-order valence-electron chi connectivity index (χ1n) is 9.83. The summed E-state index contributed by atoms with van der Waals surface area (Å²) in [6.45, 7) is 6.24. The van der Waals surface area contributed by atoms with E-state index in [1.807, 2.05) is 37.7 Å². The number of aryl methyl sites for hydroxylation is 1. The highest BCUT2D eigenvalue weighted by molar-refractivity contribution is 6.32. The number of hydrogen-bond donors (Lipinski definition) is 2. The number of fused-ring (bicyclic) bond motifs is 1. The van der Waals surface area contributed by atoms with Gasteiger partial charge in [0.25, 0.3) is 0 Å². The first-order valence-corrected chi connectivity index (χ1v) is 10.2. The molecule has 0 aliphatic rings. The van der Waals surface area contributed by atoms with Gasteiger partial charge in [0.05, 0.1) is 43.6 Å². The van der Waals surface area contributed by atoms with Gasteiger partial charge in [0.15, 0.2) is 5.65 Å². The van der Waals surface area contributed by atoms with Gasteiger partial charge in [-0.15, -0.1) is 0 Å². The molecule has 0 radical (unpaired) electrons. The van der Waals surface area contributed by atoms with Gasteiger partial charge in [-0.05, 0) is 32.4 Å². The maximum atomic E-state index is 9.21. The van der Waals surface area contributed by atoms with Crippen molar-refractivity contribution in [1.29, 1.82) is 0 Å². The summed E-state index contributed by atoms with van der Waals surface area (Å²) >= 11 is 6.65. The summed E-state index contributed by atoms with van der Waals surface area (Å²) in [4.78, 5) is 8.49. The van der Waals surface area contributed by atoms with E-state index >= 15 is 0 Å². The summed E-state index contributed by atoms with van der Waals surface area (Å²) in [6.07, 6.45) is 5.04. The molecule has 3 heterocycles. The van der Waals surface area contributed by atoms with Gasteiger partial charge in [0, 0.05) is 27.9 Å². The standard InChI is InChI=1S/C21H24ClN7O2/c1-11-16(22)7-15(19(31-4)17(11)14-8-26-28(9-14)5-6-30)13(3)29-21-18(12(2)27-29)20(23)24-10-25-21/h7-10,13,30H,5-6H2,1-4H3,(H2,23,24,25). The van der Waals surface area contributed by atoms with Crippen LogP contribution in [0.1, 0.15) is 29.8 Å². The normalized spacial score (nSPS) is 12.5. The van der Waals surface area contributed by atoms with Crippen molar-refractivity contribution in [3.63, 3.8) is 0 Å². The Morgan fingerprint density at radius 3 is 2.77 bits per heavy atom. The number of anilines is 1. The molecule has 1 unspecified atom stereocenters. The minimum Gasteiger partial charge on any atom is -0.496 e. The lowest BCUT2D eigenvalue weighted by molar-refractivity contribution is 0.269. The lowest BCUT2D eigenvalue weighted by atomic mass is 9.95. The van der Waals surface area contributed by atoms with Crippen molar-refractivity contribution >= 4 is 28.5 Å². The lowest BCUT2D eigenvalue weighted by Gasteiger charge is -2.21. The average Bonchev–Trinajstić information content (AvgIpc) is 3.34. The van der Waals surface area contributed by atoms with Gasteiger partial charge in [0.2, 0.25) is 0 Å². The van der Waals surface area contributed by atoms with Crippen molar-refractivity contribution in [3.05, 3.63) is 46.6 Å². The summed E-state index contributed by atoms with van der Waals surface area (Å²) in [5.74, 6) is 1.08. The van der Waals surface area contributed by atoms with Gasteiger partial charge in [-0.3, -0.25) is 4.68 Å². The second-order valence-corrected chi connectivity index (χ2v) is 7.77. The zero-order chi connectivity index (χ0) is 22.3. The van der Waals surface area contributed by atoms with E-state index in [2.05, 4.69) is 20.2 Å². The number of aliphatic hydroxyl groups excluding tert-OH is 1. The van der Waals surface area contributed by atoms with E-state index < -0.39 is 0 Å². The number of rotatable bonds is 6. The van der Waals surface area contributed by atoms with Crippen LogP contribution in [-0.4, -0.2) is 48.4 Å². The quantitative estimate of drug-likeness (QED) is 0.472. The Hall–Kier alpha value is -3.17. The van der Waals surface area contributed by atoms with Gasteiger partial charge in [-0.2, -0.15) is 10.2 Å². The van der Waals surface area contributed by atoms with Crippen molar-refractivity contribution in [1.82, 2.24) is 29.5 Å². The Morgan fingerprint density at radius 1 is 1.29 bits per heavy atom. The lowest BCUT2D eigenvalue weighted by Crippen LogP contribution is -2.12. The van der Waals surface area contributed by atoms with Crippen LogP contribution in [0.15, 0.2) is 24.8 Å². The second-order valence-electron chi connectivity index (χ2n) is 7.36. The molecule has 4 rings (SSSR count). The van der Waals surface area contributed by atoms with Crippen molar-refractivity contribution in [2.45, 2.75) is 33.4 Å². The minimum atomic E-state index is -0.246. The summed E-state index contributed by atoms with van der Waals surface area (Å²) in [6, 6.07) is 1.65. The Morgan fingerprint density at radius 2 is 2.06 bits per heavy atom. The fourth-order valence-corrected chi connectivity index (χ4v) is 4.12. The highest BCUT2D eigenvalue weighted by Crippen LogP contribution is 2.43. The maximum Gasteiger partial charge on any atom is 0.164 e. The van der Waals surface area contributed by atoms with Crippen LogP contribution in [0.25, 0.3) is 22.2 Å². The number of nitrogens with two attached hydrogens (primary N) is 1. The Labute approximate surface area is 184 Å². The van der Waals surface area contributed by atoms with E-state index in [9.17, 15) is 5.11 Å². The molecule has 31 heavy (non-hydrogen) atoms. The van der Waals surface area contributed by atoms with E-state index in [1.165, 1.54) is 6.33 Å². The number of methoxy groups -OCH3 is 1.